The zero-order chi connectivity index (χ0) is 20.6. The number of nitrogens with zero attached hydrogens (tertiary/aromatic N) is 1. The number of anilines is 1. The van der Waals surface area contributed by atoms with Crippen molar-refractivity contribution in [3.05, 3.63) is 54.1 Å². The van der Waals surface area contributed by atoms with Gasteiger partial charge in [-0.3, -0.25) is 9.52 Å². The number of carbonyl (C=O) groups excluding carboxylic acids is 1. The second kappa shape index (κ2) is 10.1. The first-order valence-electron chi connectivity index (χ1n) is 8.94. The van der Waals surface area contributed by atoms with Crippen LogP contribution in [0.2, 0.25) is 0 Å². The number of benzene rings is 2. The Bertz CT molecular complexity index is 882. The van der Waals surface area contributed by atoms with Gasteiger partial charge < -0.3 is 14.4 Å². The van der Waals surface area contributed by atoms with Gasteiger partial charge in [0.15, 0.2) is 0 Å². The van der Waals surface area contributed by atoms with E-state index in [-0.39, 0.29) is 10.8 Å². The molecule has 0 heterocycles. The normalized spacial score (nSPS) is 11.1. The molecule has 0 aliphatic carbocycles. The van der Waals surface area contributed by atoms with Crippen LogP contribution < -0.4 is 9.46 Å². The number of hydrogen-bond donors (Lipinski definition) is 1. The second-order valence-electron chi connectivity index (χ2n) is 6.15. The van der Waals surface area contributed by atoms with Crippen molar-refractivity contribution in [1.29, 1.82) is 0 Å². The molecule has 0 aliphatic rings. The lowest BCUT2D eigenvalue weighted by Gasteiger charge is -2.19. The van der Waals surface area contributed by atoms with Crippen molar-refractivity contribution in [3.63, 3.8) is 0 Å². The van der Waals surface area contributed by atoms with E-state index < -0.39 is 10.0 Å². The van der Waals surface area contributed by atoms with E-state index in [1.165, 1.54) is 19.1 Å². The van der Waals surface area contributed by atoms with E-state index in [0.717, 1.165) is 5.56 Å². The van der Waals surface area contributed by atoms with E-state index in [2.05, 4.69) is 4.72 Å². The van der Waals surface area contributed by atoms with E-state index in [1.807, 2.05) is 13.0 Å². The minimum absolute atomic E-state index is 0.0266. The van der Waals surface area contributed by atoms with E-state index in [0.29, 0.717) is 37.7 Å². The molecule has 0 atom stereocenters. The van der Waals surface area contributed by atoms with Crippen LogP contribution in [0.3, 0.4) is 0 Å². The summed E-state index contributed by atoms with van der Waals surface area (Å²) in [5.74, 6) is 0.545. The summed E-state index contributed by atoms with van der Waals surface area (Å²) in [5, 5.41) is 0. The Hall–Kier alpha value is -2.58. The topological polar surface area (TPSA) is 84.9 Å². The van der Waals surface area contributed by atoms with Crippen molar-refractivity contribution >= 4 is 21.6 Å². The van der Waals surface area contributed by atoms with Crippen molar-refractivity contribution in [1.82, 2.24) is 4.90 Å². The van der Waals surface area contributed by atoms with Crippen LogP contribution in [0.15, 0.2) is 53.4 Å². The highest BCUT2D eigenvalue weighted by atomic mass is 32.2. The van der Waals surface area contributed by atoms with E-state index >= 15 is 0 Å². The number of rotatable bonds is 10. The van der Waals surface area contributed by atoms with Gasteiger partial charge in [0.1, 0.15) is 12.4 Å². The molecule has 2 aromatic carbocycles. The molecule has 0 spiro atoms. The van der Waals surface area contributed by atoms with Crippen molar-refractivity contribution < 1.29 is 22.7 Å². The summed E-state index contributed by atoms with van der Waals surface area (Å²) in [6.45, 7) is 5.27. The van der Waals surface area contributed by atoms with Crippen molar-refractivity contribution in [3.8, 4) is 5.75 Å². The number of carbonyl (C=O) groups is 1. The molecule has 0 saturated carbocycles. The van der Waals surface area contributed by atoms with Crippen LogP contribution in [0.4, 0.5) is 5.69 Å². The lowest BCUT2D eigenvalue weighted by Crippen LogP contribution is -2.27. The van der Waals surface area contributed by atoms with E-state index in [1.54, 1.807) is 42.3 Å². The molecule has 2 rings (SSSR count). The maximum atomic E-state index is 12.6. The third-order valence-corrected chi connectivity index (χ3v) is 5.47. The molecule has 8 heteroatoms. The molecule has 0 fully saturated rings. The second-order valence-corrected chi connectivity index (χ2v) is 7.83. The molecule has 152 valence electrons. The number of sulfonamides is 1. The molecule has 0 radical (unpaired) electrons. The van der Waals surface area contributed by atoms with Gasteiger partial charge >= 0.3 is 0 Å². The van der Waals surface area contributed by atoms with Crippen LogP contribution >= 0.6 is 0 Å². The highest BCUT2D eigenvalue weighted by molar-refractivity contribution is 7.92. The monoisotopic (exact) mass is 406 g/mol. The summed E-state index contributed by atoms with van der Waals surface area (Å²) >= 11 is 0. The lowest BCUT2D eigenvalue weighted by molar-refractivity contribution is -0.129. The molecule has 0 aliphatic heterocycles. The number of ether oxygens (including phenoxy) is 2. The zero-order valence-electron chi connectivity index (χ0n) is 16.3. The predicted octanol–water partition coefficient (Wildman–Crippen LogP) is 2.88. The minimum Gasteiger partial charge on any atom is -0.491 e. The average Bonchev–Trinajstić information content (AvgIpc) is 2.66. The molecule has 28 heavy (non-hydrogen) atoms. The smallest absolute Gasteiger partial charge is 0.261 e. The average molecular weight is 407 g/mol. The largest absolute Gasteiger partial charge is 0.491 e. The van der Waals surface area contributed by atoms with Gasteiger partial charge in [0, 0.05) is 32.8 Å². The standard InChI is InChI=1S/C20H26N2O5S/c1-4-22(16(2)23)15-17-6-5-7-18(14-17)21-28(24,25)20-10-8-19(9-11-20)27-13-12-26-3/h5-11,14,21H,4,12-13,15H2,1-3H3. The summed E-state index contributed by atoms with van der Waals surface area (Å²) in [7, 11) is -2.15. The fourth-order valence-electron chi connectivity index (χ4n) is 2.57. The van der Waals surface area contributed by atoms with Gasteiger partial charge in [-0.25, -0.2) is 8.42 Å². The fraction of sp³-hybridized carbons (Fsp3) is 0.350. The van der Waals surface area contributed by atoms with Crippen LogP contribution in [0.1, 0.15) is 19.4 Å². The van der Waals surface area contributed by atoms with Gasteiger partial charge in [0.05, 0.1) is 11.5 Å². The summed E-state index contributed by atoms with van der Waals surface area (Å²) in [6, 6.07) is 13.2. The molecular formula is C20H26N2O5S. The first-order chi connectivity index (χ1) is 13.4. The zero-order valence-corrected chi connectivity index (χ0v) is 17.2. The molecule has 7 nitrogen and oxygen atoms in total. The molecule has 0 aromatic heterocycles. The Morgan fingerprint density at radius 2 is 1.82 bits per heavy atom. The molecule has 1 amide bonds. The number of hydrogen-bond acceptors (Lipinski definition) is 5. The number of methoxy groups -OCH3 is 1. The Kier molecular flexibility index (Phi) is 7.83. The molecular weight excluding hydrogens is 380 g/mol. The van der Waals surface area contributed by atoms with Gasteiger partial charge in [-0.05, 0) is 48.9 Å². The van der Waals surface area contributed by atoms with Gasteiger partial charge in [-0.15, -0.1) is 0 Å². The van der Waals surface area contributed by atoms with Crippen LogP contribution in [0.5, 0.6) is 5.75 Å². The summed E-state index contributed by atoms with van der Waals surface area (Å²) < 4.78 is 38.2. The lowest BCUT2D eigenvalue weighted by atomic mass is 10.2. The van der Waals surface area contributed by atoms with Crippen LogP contribution in [-0.4, -0.2) is 46.1 Å². The van der Waals surface area contributed by atoms with Crippen LogP contribution in [0, 0.1) is 0 Å². The SMILES string of the molecule is CCN(Cc1cccc(NS(=O)(=O)c2ccc(OCCOC)cc2)c1)C(C)=O. The van der Waals surface area contributed by atoms with Gasteiger partial charge in [0.2, 0.25) is 5.91 Å². The van der Waals surface area contributed by atoms with Gasteiger partial charge in [-0.2, -0.15) is 0 Å². The Labute approximate surface area is 166 Å². The van der Waals surface area contributed by atoms with Gasteiger partial charge in [-0.1, -0.05) is 12.1 Å². The number of nitrogens with one attached hydrogen (secondary N) is 1. The highest BCUT2D eigenvalue weighted by Crippen LogP contribution is 2.20. The summed E-state index contributed by atoms with van der Waals surface area (Å²) in [4.78, 5) is 13.4. The third kappa shape index (κ3) is 6.24. The highest BCUT2D eigenvalue weighted by Gasteiger charge is 2.15. The Morgan fingerprint density at radius 3 is 2.43 bits per heavy atom. The van der Waals surface area contributed by atoms with E-state index in [9.17, 15) is 13.2 Å². The van der Waals surface area contributed by atoms with Crippen molar-refractivity contribution in [2.45, 2.75) is 25.3 Å². The quantitative estimate of drug-likeness (QED) is 0.613. The van der Waals surface area contributed by atoms with Crippen LogP contribution in [0.25, 0.3) is 0 Å². The molecule has 2 aromatic rings. The first-order valence-corrected chi connectivity index (χ1v) is 10.4. The van der Waals surface area contributed by atoms with Gasteiger partial charge in [0.25, 0.3) is 10.0 Å². The maximum Gasteiger partial charge on any atom is 0.261 e. The Balaban J connectivity index is 2.09. The molecule has 0 saturated heterocycles. The van der Waals surface area contributed by atoms with Crippen LogP contribution in [-0.2, 0) is 26.1 Å². The summed E-state index contributed by atoms with van der Waals surface area (Å²) in [5.41, 5.74) is 1.29. The maximum absolute atomic E-state index is 12.6. The van der Waals surface area contributed by atoms with E-state index in [4.69, 9.17) is 9.47 Å². The van der Waals surface area contributed by atoms with Crippen molar-refractivity contribution in [2.75, 3.05) is 31.6 Å². The summed E-state index contributed by atoms with van der Waals surface area (Å²) in [6.07, 6.45) is 0. The minimum atomic E-state index is -3.73. The molecule has 0 bridgehead atoms. The third-order valence-electron chi connectivity index (χ3n) is 4.07. The Morgan fingerprint density at radius 1 is 1.11 bits per heavy atom. The molecule has 0 unspecified atom stereocenters. The number of amides is 1. The molecule has 1 N–H and O–H groups in total. The fourth-order valence-corrected chi connectivity index (χ4v) is 3.62. The predicted molar refractivity (Wildman–Crippen MR) is 108 cm³/mol. The van der Waals surface area contributed by atoms with Crippen molar-refractivity contribution in [2.24, 2.45) is 0 Å². The first kappa shape index (κ1) is 21.7.